The Kier molecular flexibility index (Phi) is 7.70. The van der Waals surface area contributed by atoms with Crippen molar-refractivity contribution in [3.05, 3.63) is 29.3 Å². The number of hydrogen-bond donors (Lipinski definition) is 2. The van der Waals surface area contributed by atoms with Gasteiger partial charge in [0.15, 0.2) is 0 Å². The summed E-state index contributed by atoms with van der Waals surface area (Å²) < 4.78 is 5.07. The van der Waals surface area contributed by atoms with Gasteiger partial charge in [-0.05, 0) is 45.0 Å². The Morgan fingerprint density at radius 1 is 1.16 bits per heavy atom. The topological polar surface area (TPSA) is 87.7 Å². The average molecular weight is 370 g/mol. The lowest BCUT2D eigenvalue weighted by Crippen LogP contribution is -2.38. The minimum Gasteiger partial charge on any atom is -0.444 e. The molecule has 0 saturated carbocycles. The second-order valence-corrected chi connectivity index (χ2v) is 6.92. The molecule has 2 N–H and O–H groups in total. The monoisotopic (exact) mass is 369 g/mol. The maximum Gasteiger partial charge on any atom is 0.407 e. The quantitative estimate of drug-likeness (QED) is 0.806. The lowest BCUT2D eigenvalue weighted by atomic mass is 10.2. The second-order valence-electron chi connectivity index (χ2n) is 6.48. The molecule has 1 rings (SSSR count). The first-order chi connectivity index (χ1) is 11.6. The van der Waals surface area contributed by atoms with Crippen LogP contribution in [0.2, 0.25) is 5.02 Å². The van der Waals surface area contributed by atoms with Gasteiger partial charge < -0.3 is 20.3 Å². The van der Waals surface area contributed by atoms with Gasteiger partial charge in [-0.2, -0.15) is 0 Å². The van der Waals surface area contributed by atoms with Crippen LogP contribution in [0.5, 0.6) is 0 Å². The van der Waals surface area contributed by atoms with Gasteiger partial charge in [0.05, 0.1) is 6.54 Å². The Hall–Kier alpha value is -2.28. The Bertz CT molecular complexity index is 611. The van der Waals surface area contributed by atoms with Crippen molar-refractivity contribution in [2.75, 3.05) is 25.5 Å². The fraction of sp³-hybridized carbons (Fsp3) is 0.471. The highest BCUT2D eigenvalue weighted by Gasteiger charge is 2.17. The number of alkyl carbamates (subject to hydrolysis) is 1. The van der Waals surface area contributed by atoms with Crippen LogP contribution >= 0.6 is 11.6 Å². The fourth-order valence-electron chi connectivity index (χ4n) is 1.81. The number of ether oxygens (including phenoxy) is 1. The minimum atomic E-state index is -0.593. The van der Waals surface area contributed by atoms with Crippen LogP contribution in [-0.2, 0) is 14.3 Å². The highest BCUT2D eigenvalue weighted by molar-refractivity contribution is 6.30. The van der Waals surface area contributed by atoms with E-state index in [1.54, 1.807) is 45.0 Å². The van der Waals surface area contributed by atoms with E-state index in [1.165, 1.54) is 11.9 Å². The molecule has 0 spiro atoms. The van der Waals surface area contributed by atoms with Crippen molar-refractivity contribution in [3.8, 4) is 0 Å². The Morgan fingerprint density at radius 2 is 1.76 bits per heavy atom. The van der Waals surface area contributed by atoms with E-state index >= 15 is 0 Å². The van der Waals surface area contributed by atoms with Gasteiger partial charge in [0.2, 0.25) is 11.8 Å². The summed E-state index contributed by atoms with van der Waals surface area (Å²) in [6, 6.07) is 6.67. The summed E-state index contributed by atoms with van der Waals surface area (Å²) in [5, 5.41) is 5.75. The number of likely N-dealkylation sites (N-methyl/N-ethyl adjacent to an activating group) is 1. The summed E-state index contributed by atoms with van der Waals surface area (Å²) in [7, 11) is 1.53. The predicted molar refractivity (Wildman–Crippen MR) is 96.6 cm³/mol. The SMILES string of the molecule is CN(CC(=O)Nc1ccc(Cl)cc1)C(=O)CCNC(=O)OC(C)(C)C. The molecule has 0 aliphatic heterocycles. The fourth-order valence-corrected chi connectivity index (χ4v) is 1.94. The van der Waals surface area contributed by atoms with Crippen LogP contribution in [0.4, 0.5) is 10.5 Å². The maximum atomic E-state index is 12.0. The molecule has 138 valence electrons. The first-order valence-electron chi connectivity index (χ1n) is 7.83. The zero-order chi connectivity index (χ0) is 19.0. The third kappa shape index (κ3) is 8.95. The van der Waals surface area contributed by atoms with Gasteiger partial charge in [0, 0.05) is 30.7 Å². The Morgan fingerprint density at radius 3 is 2.32 bits per heavy atom. The van der Waals surface area contributed by atoms with Crippen LogP contribution in [0.15, 0.2) is 24.3 Å². The number of nitrogens with zero attached hydrogens (tertiary/aromatic N) is 1. The number of nitrogens with one attached hydrogen (secondary N) is 2. The zero-order valence-corrected chi connectivity index (χ0v) is 15.6. The van der Waals surface area contributed by atoms with Crippen molar-refractivity contribution in [3.63, 3.8) is 0 Å². The second kappa shape index (κ2) is 9.27. The minimum absolute atomic E-state index is 0.0734. The first-order valence-corrected chi connectivity index (χ1v) is 8.21. The van der Waals surface area contributed by atoms with Crippen molar-refractivity contribution < 1.29 is 19.1 Å². The van der Waals surface area contributed by atoms with Gasteiger partial charge in [0.25, 0.3) is 0 Å². The molecule has 0 aliphatic carbocycles. The molecule has 25 heavy (non-hydrogen) atoms. The van der Waals surface area contributed by atoms with E-state index in [2.05, 4.69) is 10.6 Å². The van der Waals surface area contributed by atoms with E-state index in [-0.39, 0.29) is 31.3 Å². The smallest absolute Gasteiger partial charge is 0.407 e. The number of amides is 3. The first kappa shape index (κ1) is 20.8. The summed E-state index contributed by atoms with van der Waals surface area (Å²) in [6.07, 6.45) is -0.507. The largest absolute Gasteiger partial charge is 0.444 e. The maximum absolute atomic E-state index is 12.0. The number of hydrogen-bond acceptors (Lipinski definition) is 4. The number of halogens is 1. The third-order valence-corrected chi connectivity index (χ3v) is 3.19. The van der Waals surface area contributed by atoms with Crippen LogP contribution < -0.4 is 10.6 Å². The highest BCUT2D eigenvalue weighted by Crippen LogP contribution is 2.13. The summed E-state index contributed by atoms with van der Waals surface area (Å²) in [4.78, 5) is 36.7. The van der Waals surface area contributed by atoms with Crippen LogP contribution in [-0.4, -0.2) is 48.5 Å². The van der Waals surface area contributed by atoms with Crippen LogP contribution in [0.3, 0.4) is 0 Å². The summed E-state index contributed by atoms with van der Waals surface area (Å²) in [6.45, 7) is 5.31. The predicted octanol–water partition coefficient (Wildman–Crippen LogP) is 2.65. The normalized spacial score (nSPS) is 10.8. The van der Waals surface area contributed by atoms with Gasteiger partial charge in [-0.25, -0.2) is 4.79 Å². The van der Waals surface area contributed by atoms with Gasteiger partial charge >= 0.3 is 6.09 Å². The molecule has 0 fully saturated rings. The van der Waals surface area contributed by atoms with Gasteiger partial charge in [0.1, 0.15) is 5.60 Å². The molecule has 7 nitrogen and oxygen atoms in total. The average Bonchev–Trinajstić information content (AvgIpc) is 2.47. The van der Waals surface area contributed by atoms with Crippen LogP contribution in [0.25, 0.3) is 0 Å². The molecular weight excluding hydrogens is 346 g/mol. The number of rotatable bonds is 6. The van der Waals surface area contributed by atoms with E-state index in [9.17, 15) is 14.4 Å². The van der Waals surface area contributed by atoms with E-state index in [1.807, 2.05) is 0 Å². The molecule has 3 amide bonds. The molecule has 0 aromatic heterocycles. The molecule has 0 aliphatic rings. The summed E-state index contributed by atoms with van der Waals surface area (Å²) in [5.41, 5.74) is 0.00631. The zero-order valence-electron chi connectivity index (χ0n) is 14.9. The van der Waals surface area contributed by atoms with E-state index < -0.39 is 11.7 Å². The van der Waals surface area contributed by atoms with Crippen molar-refractivity contribution in [1.29, 1.82) is 0 Å². The molecule has 0 bridgehead atoms. The molecule has 0 saturated heterocycles. The Labute approximate surface area is 152 Å². The molecule has 0 radical (unpaired) electrons. The highest BCUT2D eigenvalue weighted by atomic mass is 35.5. The van der Waals surface area contributed by atoms with Crippen molar-refractivity contribution >= 4 is 35.2 Å². The molecule has 1 aromatic carbocycles. The lowest BCUT2D eigenvalue weighted by Gasteiger charge is -2.20. The molecule has 8 heteroatoms. The lowest BCUT2D eigenvalue weighted by molar-refractivity contribution is -0.133. The van der Waals surface area contributed by atoms with E-state index in [0.717, 1.165) is 0 Å². The van der Waals surface area contributed by atoms with Crippen molar-refractivity contribution in [1.82, 2.24) is 10.2 Å². The number of carbonyl (C=O) groups is 3. The van der Waals surface area contributed by atoms with Crippen LogP contribution in [0, 0.1) is 0 Å². The number of anilines is 1. The summed E-state index contributed by atoms with van der Waals surface area (Å²) in [5.74, 6) is -0.583. The molecule has 0 atom stereocenters. The molecule has 0 unspecified atom stereocenters. The van der Waals surface area contributed by atoms with E-state index in [4.69, 9.17) is 16.3 Å². The van der Waals surface area contributed by atoms with E-state index in [0.29, 0.717) is 10.7 Å². The van der Waals surface area contributed by atoms with Gasteiger partial charge in [-0.15, -0.1) is 0 Å². The standard InChI is InChI=1S/C17H24ClN3O4/c1-17(2,3)25-16(24)19-10-9-15(23)21(4)11-14(22)20-13-7-5-12(18)6-8-13/h5-8H,9-11H2,1-4H3,(H,19,24)(H,20,22). The van der Waals surface area contributed by atoms with Crippen LogP contribution in [0.1, 0.15) is 27.2 Å². The van der Waals surface area contributed by atoms with Crippen molar-refractivity contribution in [2.45, 2.75) is 32.8 Å². The van der Waals surface area contributed by atoms with Gasteiger partial charge in [-0.3, -0.25) is 9.59 Å². The third-order valence-electron chi connectivity index (χ3n) is 2.94. The Balaban J connectivity index is 2.32. The molecule has 0 heterocycles. The summed E-state index contributed by atoms with van der Waals surface area (Å²) >= 11 is 5.78. The van der Waals surface area contributed by atoms with Gasteiger partial charge in [-0.1, -0.05) is 11.6 Å². The number of carbonyl (C=O) groups excluding carboxylic acids is 3. The number of benzene rings is 1. The molecule has 1 aromatic rings. The molecular formula is C17H24ClN3O4. The van der Waals surface area contributed by atoms with Crippen molar-refractivity contribution in [2.24, 2.45) is 0 Å².